The van der Waals surface area contributed by atoms with E-state index in [-0.39, 0.29) is 0 Å². The Hall–Kier alpha value is -0.190. The average molecular weight is 303 g/mol. The molecule has 0 bridgehead atoms. The van der Waals surface area contributed by atoms with E-state index in [1.807, 2.05) is 0 Å². The van der Waals surface area contributed by atoms with E-state index in [0.717, 1.165) is 0 Å². The predicted octanol–water partition coefficient (Wildman–Crippen LogP) is 3.31. The van der Waals surface area contributed by atoms with Crippen LogP contribution >= 0.6 is 10.7 Å². The molecule has 0 rings (SSSR count). The number of alkyl halides is 9. The van der Waals surface area contributed by atoms with Crippen LogP contribution in [0.25, 0.3) is 0 Å². The molecule has 0 heterocycles. The van der Waals surface area contributed by atoms with Gasteiger partial charge >= 0.3 is 23.3 Å². The first-order valence-electron chi connectivity index (χ1n) is 2.98. The van der Waals surface area contributed by atoms with Crippen LogP contribution in [0.5, 0.6) is 0 Å². The monoisotopic (exact) mass is 302 g/mol. The maximum Gasteiger partial charge on any atom is 0.460 e. The van der Waals surface area contributed by atoms with Crippen molar-refractivity contribution in [3.8, 4) is 0 Å². The Balaban J connectivity index is 5.62. The summed E-state index contributed by atoms with van der Waals surface area (Å²) in [4.78, 5) is 0. The van der Waals surface area contributed by atoms with Crippen molar-refractivity contribution in [1.82, 2.24) is 0 Å². The number of halogens is 10. The van der Waals surface area contributed by atoms with Crippen molar-refractivity contribution in [2.24, 2.45) is 0 Å². The molecule has 0 unspecified atom stereocenters. The van der Waals surface area contributed by atoms with Crippen molar-refractivity contribution in [3.05, 3.63) is 0 Å². The zero-order chi connectivity index (χ0) is 13.6. The van der Waals surface area contributed by atoms with Gasteiger partial charge in [-0.25, -0.2) is 4.21 Å². The lowest BCUT2D eigenvalue weighted by atomic mass is 10.1. The van der Waals surface area contributed by atoms with Crippen molar-refractivity contribution in [3.63, 3.8) is 0 Å². The molecule has 0 spiro atoms. The van der Waals surface area contributed by atoms with Crippen LogP contribution < -0.4 is 0 Å². The fourth-order valence-electron chi connectivity index (χ4n) is 0.462. The number of hydrogen-bond donors (Lipinski definition) is 0. The quantitative estimate of drug-likeness (QED) is 0.577. The topological polar surface area (TPSA) is 17.1 Å². The highest BCUT2D eigenvalue weighted by molar-refractivity contribution is 8.09. The van der Waals surface area contributed by atoms with E-state index in [9.17, 15) is 43.7 Å². The molecule has 0 N–H and O–H groups in total. The summed E-state index contributed by atoms with van der Waals surface area (Å²) in [6.45, 7) is 0. The summed E-state index contributed by atoms with van der Waals surface area (Å²) in [5, 5.41) is -6.23. The SMILES string of the molecule is O=[S@@](Cl)C(F)(F)C(F)(F)C(F)(F)C(F)(F)F. The van der Waals surface area contributed by atoms with Crippen LogP contribution in [0.1, 0.15) is 0 Å². The first kappa shape index (κ1) is 15.8. The van der Waals surface area contributed by atoms with Gasteiger partial charge in [0, 0.05) is 0 Å². The first-order valence-corrected chi connectivity index (χ1v) is 4.95. The van der Waals surface area contributed by atoms with Gasteiger partial charge in [-0.3, -0.25) is 0 Å². The van der Waals surface area contributed by atoms with Crippen LogP contribution in [0.2, 0.25) is 0 Å². The molecule has 0 aliphatic heterocycles. The molecule has 0 aliphatic rings. The summed E-state index contributed by atoms with van der Waals surface area (Å²) >= 11 is 0. The van der Waals surface area contributed by atoms with E-state index in [1.165, 1.54) is 0 Å². The minimum Gasteiger partial charge on any atom is -0.236 e. The van der Waals surface area contributed by atoms with E-state index >= 15 is 0 Å². The Kier molecular flexibility index (Phi) is 3.88. The molecule has 0 saturated heterocycles. The van der Waals surface area contributed by atoms with Gasteiger partial charge in [0.15, 0.2) is 10.0 Å². The van der Waals surface area contributed by atoms with Crippen LogP contribution in [0.3, 0.4) is 0 Å². The maximum absolute atomic E-state index is 12.2. The molecule has 0 aliphatic carbocycles. The Labute approximate surface area is 88.5 Å². The summed E-state index contributed by atoms with van der Waals surface area (Å²) in [5.74, 6) is -14.0. The Morgan fingerprint density at radius 1 is 0.750 bits per heavy atom. The predicted molar refractivity (Wildman–Crippen MR) is 34.9 cm³/mol. The molecule has 0 fully saturated rings. The molecule has 0 aromatic rings. The second-order valence-electron chi connectivity index (χ2n) is 2.39. The highest BCUT2D eigenvalue weighted by Gasteiger charge is 2.83. The van der Waals surface area contributed by atoms with Gasteiger partial charge in [0.2, 0.25) is 0 Å². The van der Waals surface area contributed by atoms with Gasteiger partial charge < -0.3 is 0 Å². The lowest BCUT2D eigenvalue weighted by molar-refractivity contribution is -0.381. The number of rotatable bonds is 3. The maximum atomic E-state index is 12.2. The van der Waals surface area contributed by atoms with Gasteiger partial charge in [-0.1, -0.05) is 0 Å². The summed E-state index contributed by atoms with van der Waals surface area (Å²) in [6.07, 6.45) is -6.93. The van der Waals surface area contributed by atoms with E-state index < -0.39 is 33.3 Å². The van der Waals surface area contributed by atoms with Crippen molar-refractivity contribution < 1.29 is 43.7 Å². The molecule has 0 aromatic heterocycles. The lowest BCUT2D eigenvalue weighted by Gasteiger charge is -2.31. The third kappa shape index (κ3) is 2.11. The normalized spacial score (nSPS) is 17.4. The molecule has 0 radical (unpaired) electrons. The van der Waals surface area contributed by atoms with Crippen LogP contribution in [-0.2, 0) is 10.0 Å². The van der Waals surface area contributed by atoms with Gasteiger partial charge in [0.05, 0.1) is 0 Å². The molecular formula is C4ClF9OS. The molecular weight excluding hydrogens is 303 g/mol. The average Bonchev–Trinajstić information content (AvgIpc) is 2.00. The lowest BCUT2D eigenvalue weighted by Crippen LogP contribution is -2.61. The van der Waals surface area contributed by atoms with Crippen LogP contribution in [-0.4, -0.2) is 27.5 Å². The summed E-state index contributed by atoms with van der Waals surface area (Å²) in [6, 6.07) is 0. The fourth-order valence-corrected chi connectivity index (χ4v) is 1.08. The molecule has 98 valence electrons. The Morgan fingerprint density at radius 3 is 1.25 bits per heavy atom. The van der Waals surface area contributed by atoms with Crippen LogP contribution in [0.4, 0.5) is 39.5 Å². The second-order valence-corrected chi connectivity index (χ2v) is 4.19. The second kappa shape index (κ2) is 3.93. The van der Waals surface area contributed by atoms with E-state index in [4.69, 9.17) is 0 Å². The molecule has 16 heavy (non-hydrogen) atoms. The zero-order valence-corrected chi connectivity index (χ0v) is 8.17. The highest BCUT2D eigenvalue weighted by atomic mass is 35.7. The summed E-state index contributed by atoms with van der Waals surface area (Å²) < 4.78 is 117. The molecule has 12 heteroatoms. The van der Waals surface area contributed by atoms with Gasteiger partial charge in [0.25, 0.3) is 0 Å². The van der Waals surface area contributed by atoms with E-state index in [0.29, 0.717) is 0 Å². The third-order valence-electron chi connectivity index (χ3n) is 1.32. The minimum absolute atomic E-state index is 3.95. The first-order chi connectivity index (χ1) is 6.69. The number of hydrogen-bond acceptors (Lipinski definition) is 1. The summed E-state index contributed by atoms with van der Waals surface area (Å²) in [5.41, 5.74) is 0. The van der Waals surface area contributed by atoms with Gasteiger partial charge in [0.1, 0.15) is 0 Å². The van der Waals surface area contributed by atoms with E-state index in [1.54, 1.807) is 0 Å². The van der Waals surface area contributed by atoms with Crippen molar-refractivity contribution in [2.75, 3.05) is 0 Å². The van der Waals surface area contributed by atoms with Gasteiger partial charge in [-0.2, -0.15) is 39.5 Å². The standard InChI is InChI=1S/C4ClF9OS/c5-16(15)4(13,14)2(8,9)1(6,7)3(10,11)12/t16-/m1/s1. The van der Waals surface area contributed by atoms with Gasteiger partial charge in [-0.05, 0) is 10.7 Å². The summed E-state index contributed by atoms with van der Waals surface area (Å²) in [7, 11) is -0.466. The largest absolute Gasteiger partial charge is 0.460 e. The smallest absolute Gasteiger partial charge is 0.236 e. The molecule has 0 saturated carbocycles. The van der Waals surface area contributed by atoms with Gasteiger partial charge in [-0.15, -0.1) is 0 Å². The molecule has 0 aromatic carbocycles. The zero-order valence-electron chi connectivity index (χ0n) is 6.60. The fraction of sp³-hybridized carbons (Fsp3) is 1.00. The Morgan fingerprint density at radius 2 is 1.06 bits per heavy atom. The molecule has 1 nitrogen and oxygen atoms in total. The third-order valence-corrected chi connectivity index (χ3v) is 2.56. The van der Waals surface area contributed by atoms with Crippen LogP contribution in [0.15, 0.2) is 0 Å². The van der Waals surface area contributed by atoms with Crippen molar-refractivity contribution >= 4 is 20.7 Å². The minimum atomic E-state index is -7.06. The van der Waals surface area contributed by atoms with Crippen molar-refractivity contribution in [1.29, 1.82) is 0 Å². The van der Waals surface area contributed by atoms with E-state index in [2.05, 4.69) is 10.7 Å². The Bertz CT molecular complexity index is 296. The van der Waals surface area contributed by atoms with Crippen LogP contribution in [0, 0.1) is 0 Å². The molecule has 1 atom stereocenters. The highest BCUT2D eigenvalue weighted by Crippen LogP contribution is 2.54. The molecule has 0 amide bonds. The van der Waals surface area contributed by atoms with Crippen molar-refractivity contribution in [2.45, 2.75) is 23.3 Å².